The van der Waals surface area contributed by atoms with Crippen LogP contribution in [0.1, 0.15) is 19.3 Å². The average Bonchev–Trinajstić information content (AvgIpc) is 3.27. The summed E-state index contributed by atoms with van der Waals surface area (Å²) in [4.78, 5) is 18.6. The number of fused-ring (bicyclic) bond motifs is 2. The largest absolute Gasteiger partial charge is 0.493 e. The first kappa shape index (κ1) is 15.7. The maximum Gasteiger partial charge on any atom is 0.322 e. The molecule has 1 aromatic carbocycles. The number of piperidine rings is 1. The normalized spacial score (nSPS) is 21.2. The van der Waals surface area contributed by atoms with Crippen LogP contribution in [0.4, 0.5) is 10.5 Å². The SMILES string of the molecule is COc1ccccc1Oc1ccc(NC(=O)N2C[C@@H]3CC[C@@H]2C3)cn1. The molecule has 0 unspecified atom stereocenters. The summed E-state index contributed by atoms with van der Waals surface area (Å²) in [5.74, 6) is 2.38. The van der Waals surface area contributed by atoms with Crippen LogP contribution in [0.25, 0.3) is 0 Å². The number of benzene rings is 1. The number of anilines is 1. The van der Waals surface area contributed by atoms with Crippen LogP contribution in [0, 0.1) is 5.92 Å². The van der Waals surface area contributed by atoms with E-state index in [0.29, 0.717) is 35.0 Å². The number of urea groups is 1. The van der Waals surface area contributed by atoms with Crippen molar-refractivity contribution in [2.75, 3.05) is 19.0 Å². The van der Waals surface area contributed by atoms with Crippen molar-refractivity contribution in [3.63, 3.8) is 0 Å². The highest BCUT2D eigenvalue weighted by atomic mass is 16.5. The van der Waals surface area contributed by atoms with Crippen molar-refractivity contribution in [2.24, 2.45) is 5.92 Å². The van der Waals surface area contributed by atoms with Crippen molar-refractivity contribution in [2.45, 2.75) is 25.3 Å². The van der Waals surface area contributed by atoms with E-state index < -0.39 is 0 Å². The summed E-state index contributed by atoms with van der Waals surface area (Å²) in [6, 6.07) is 11.3. The minimum atomic E-state index is -0.0348. The third-order valence-corrected chi connectivity index (χ3v) is 4.94. The number of hydrogen-bond acceptors (Lipinski definition) is 4. The summed E-state index contributed by atoms with van der Waals surface area (Å²) in [6.07, 6.45) is 5.14. The van der Waals surface area contributed by atoms with E-state index in [1.807, 2.05) is 29.2 Å². The van der Waals surface area contributed by atoms with E-state index in [1.165, 1.54) is 6.42 Å². The molecule has 6 heteroatoms. The number of nitrogens with one attached hydrogen (secondary N) is 1. The van der Waals surface area contributed by atoms with Crippen LogP contribution in [0.5, 0.6) is 17.4 Å². The maximum absolute atomic E-state index is 12.4. The van der Waals surface area contributed by atoms with Gasteiger partial charge in [0.15, 0.2) is 11.5 Å². The van der Waals surface area contributed by atoms with Gasteiger partial charge in [-0.05, 0) is 43.4 Å². The lowest BCUT2D eigenvalue weighted by Crippen LogP contribution is -2.40. The molecule has 2 aromatic rings. The van der Waals surface area contributed by atoms with Crippen molar-refractivity contribution in [3.05, 3.63) is 42.6 Å². The van der Waals surface area contributed by atoms with Crippen LogP contribution in [-0.4, -0.2) is 35.6 Å². The molecule has 1 aromatic heterocycles. The number of methoxy groups -OCH3 is 1. The standard InChI is InChI=1S/C19H21N3O3/c1-24-16-4-2-3-5-17(16)25-18-9-7-14(11-20-18)21-19(23)22-12-13-6-8-15(22)10-13/h2-5,7,9,11,13,15H,6,8,10,12H2,1H3,(H,21,23)/t13-,15-/m1/s1. The predicted molar refractivity (Wildman–Crippen MR) is 94.2 cm³/mol. The number of para-hydroxylation sites is 2. The molecule has 1 N–H and O–H groups in total. The molecule has 2 amide bonds. The molecule has 25 heavy (non-hydrogen) atoms. The second kappa shape index (κ2) is 6.63. The van der Waals surface area contributed by atoms with Crippen LogP contribution >= 0.6 is 0 Å². The van der Waals surface area contributed by atoms with Gasteiger partial charge in [0.05, 0.1) is 19.0 Å². The molecular weight excluding hydrogens is 318 g/mol. The molecule has 2 heterocycles. The van der Waals surface area contributed by atoms with Gasteiger partial charge in [0.2, 0.25) is 5.88 Å². The third kappa shape index (κ3) is 3.24. The molecule has 1 saturated carbocycles. The lowest BCUT2D eigenvalue weighted by Gasteiger charge is -2.27. The van der Waals surface area contributed by atoms with Crippen LogP contribution < -0.4 is 14.8 Å². The Kier molecular flexibility index (Phi) is 4.17. The lowest BCUT2D eigenvalue weighted by molar-refractivity contribution is 0.194. The Morgan fingerprint density at radius 1 is 1.20 bits per heavy atom. The molecule has 0 radical (unpaired) electrons. The number of carbonyl (C=O) groups excluding carboxylic acids is 1. The minimum absolute atomic E-state index is 0.0348. The van der Waals surface area contributed by atoms with Gasteiger partial charge >= 0.3 is 6.03 Å². The molecule has 4 rings (SSSR count). The van der Waals surface area contributed by atoms with Crippen molar-refractivity contribution in [3.8, 4) is 17.4 Å². The van der Waals surface area contributed by atoms with Gasteiger partial charge in [0, 0.05) is 18.7 Å². The number of aromatic nitrogens is 1. The Morgan fingerprint density at radius 2 is 2.04 bits per heavy atom. The van der Waals surface area contributed by atoms with E-state index in [0.717, 1.165) is 19.4 Å². The first-order chi connectivity index (χ1) is 12.2. The predicted octanol–water partition coefficient (Wildman–Crippen LogP) is 3.90. The Balaban J connectivity index is 1.39. The second-order valence-corrected chi connectivity index (χ2v) is 6.55. The van der Waals surface area contributed by atoms with Gasteiger partial charge in [-0.15, -0.1) is 0 Å². The van der Waals surface area contributed by atoms with Gasteiger partial charge < -0.3 is 19.7 Å². The maximum atomic E-state index is 12.4. The minimum Gasteiger partial charge on any atom is -0.493 e. The summed E-state index contributed by atoms with van der Waals surface area (Å²) in [5.41, 5.74) is 0.667. The first-order valence-electron chi connectivity index (χ1n) is 8.57. The molecule has 2 bridgehead atoms. The second-order valence-electron chi connectivity index (χ2n) is 6.55. The number of nitrogens with zero attached hydrogens (tertiary/aromatic N) is 2. The number of hydrogen-bond donors (Lipinski definition) is 1. The molecule has 2 fully saturated rings. The zero-order valence-corrected chi connectivity index (χ0v) is 14.1. The van der Waals surface area contributed by atoms with Crippen molar-refractivity contribution in [1.29, 1.82) is 0 Å². The van der Waals surface area contributed by atoms with Crippen LogP contribution in [0.15, 0.2) is 42.6 Å². The van der Waals surface area contributed by atoms with E-state index in [-0.39, 0.29) is 6.03 Å². The number of ether oxygens (including phenoxy) is 2. The van der Waals surface area contributed by atoms with Crippen molar-refractivity contribution in [1.82, 2.24) is 9.88 Å². The van der Waals surface area contributed by atoms with Gasteiger partial charge in [-0.2, -0.15) is 0 Å². The fraction of sp³-hybridized carbons (Fsp3) is 0.368. The summed E-state index contributed by atoms with van der Waals surface area (Å²) < 4.78 is 11.0. The van der Waals surface area contributed by atoms with Gasteiger partial charge in [-0.3, -0.25) is 0 Å². The first-order valence-corrected chi connectivity index (χ1v) is 8.57. The molecule has 1 aliphatic carbocycles. The highest BCUT2D eigenvalue weighted by Gasteiger charge is 2.40. The quantitative estimate of drug-likeness (QED) is 0.917. The molecule has 0 spiro atoms. The zero-order chi connectivity index (χ0) is 17.2. The van der Waals surface area contributed by atoms with Gasteiger partial charge in [-0.25, -0.2) is 9.78 Å². The summed E-state index contributed by atoms with van der Waals surface area (Å²) in [6.45, 7) is 0.874. The number of amides is 2. The fourth-order valence-corrected chi connectivity index (χ4v) is 3.70. The van der Waals surface area contributed by atoms with Gasteiger partial charge in [0.25, 0.3) is 0 Å². The van der Waals surface area contributed by atoms with Crippen LogP contribution in [0.3, 0.4) is 0 Å². The van der Waals surface area contributed by atoms with E-state index in [1.54, 1.807) is 25.4 Å². The fourth-order valence-electron chi connectivity index (χ4n) is 3.70. The summed E-state index contributed by atoms with van der Waals surface area (Å²) in [5, 5.41) is 2.93. The van der Waals surface area contributed by atoms with E-state index in [9.17, 15) is 4.79 Å². The molecule has 130 valence electrons. The Labute approximate surface area is 146 Å². The van der Waals surface area contributed by atoms with Crippen LogP contribution in [0.2, 0.25) is 0 Å². The van der Waals surface area contributed by atoms with Crippen LogP contribution in [-0.2, 0) is 0 Å². The molecule has 1 aliphatic heterocycles. The number of carbonyl (C=O) groups is 1. The Morgan fingerprint density at radius 3 is 2.68 bits per heavy atom. The van der Waals surface area contributed by atoms with E-state index >= 15 is 0 Å². The van der Waals surface area contributed by atoms with Gasteiger partial charge in [-0.1, -0.05) is 12.1 Å². The summed E-state index contributed by atoms with van der Waals surface area (Å²) in [7, 11) is 1.60. The average molecular weight is 339 g/mol. The molecule has 1 saturated heterocycles. The molecular formula is C19H21N3O3. The summed E-state index contributed by atoms with van der Waals surface area (Å²) >= 11 is 0. The van der Waals surface area contributed by atoms with E-state index in [4.69, 9.17) is 9.47 Å². The molecule has 6 nitrogen and oxygen atoms in total. The lowest BCUT2D eigenvalue weighted by atomic mass is 10.1. The monoisotopic (exact) mass is 339 g/mol. The highest BCUT2D eigenvalue weighted by Crippen LogP contribution is 2.37. The Bertz CT molecular complexity index is 763. The highest BCUT2D eigenvalue weighted by molar-refractivity contribution is 5.89. The van der Waals surface area contributed by atoms with Gasteiger partial charge in [0.1, 0.15) is 0 Å². The molecule has 2 aliphatic rings. The third-order valence-electron chi connectivity index (χ3n) is 4.94. The smallest absolute Gasteiger partial charge is 0.322 e. The Hall–Kier alpha value is -2.76. The van der Waals surface area contributed by atoms with E-state index in [2.05, 4.69) is 10.3 Å². The number of pyridine rings is 1. The zero-order valence-electron chi connectivity index (χ0n) is 14.1. The number of rotatable bonds is 4. The van der Waals surface area contributed by atoms with Crippen molar-refractivity contribution >= 4 is 11.7 Å². The van der Waals surface area contributed by atoms with Crippen molar-refractivity contribution < 1.29 is 14.3 Å². The topological polar surface area (TPSA) is 63.7 Å². The number of likely N-dealkylation sites (tertiary alicyclic amines) is 1. The molecule has 2 atom stereocenters.